The molecule has 2 N–H and O–H groups in total. The predicted molar refractivity (Wildman–Crippen MR) is 81.2 cm³/mol. The number of hydrogen-bond donors (Lipinski definition) is 2. The third-order valence-corrected chi connectivity index (χ3v) is 3.70. The highest BCUT2D eigenvalue weighted by Crippen LogP contribution is 2.22. The SMILES string of the molecule is CCN(C(C)=O)c1nc(CNc2cccc(O)c2)cs1. The van der Waals surface area contributed by atoms with Crippen LogP contribution in [0.15, 0.2) is 29.6 Å². The van der Waals surface area contributed by atoms with Crippen LogP contribution in [0.2, 0.25) is 0 Å². The summed E-state index contributed by atoms with van der Waals surface area (Å²) >= 11 is 1.45. The molecule has 6 heteroatoms. The molecule has 0 aliphatic rings. The van der Waals surface area contributed by atoms with E-state index in [0.29, 0.717) is 18.2 Å². The van der Waals surface area contributed by atoms with Crippen molar-refractivity contribution >= 4 is 28.1 Å². The van der Waals surface area contributed by atoms with Crippen molar-refractivity contribution < 1.29 is 9.90 Å². The summed E-state index contributed by atoms with van der Waals surface area (Å²) < 4.78 is 0. The highest BCUT2D eigenvalue weighted by atomic mass is 32.1. The molecule has 2 aromatic rings. The zero-order chi connectivity index (χ0) is 14.5. The number of nitrogens with zero attached hydrogens (tertiary/aromatic N) is 2. The summed E-state index contributed by atoms with van der Waals surface area (Å²) in [7, 11) is 0. The van der Waals surface area contributed by atoms with Crippen molar-refractivity contribution in [3.05, 3.63) is 35.3 Å². The molecule has 0 unspecified atom stereocenters. The summed E-state index contributed by atoms with van der Waals surface area (Å²) in [6.07, 6.45) is 0. The van der Waals surface area contributed by atoms with Gasteiger partial charge in [0.2, 0.25) is 5.91 Å². The Hall–Kier alpha value is -2.08. The molecule has 106 valence electrons. The first-order chi connectivity index (χ1) is 9.60. The second-order valence-corrected chi connectivity index (χ2v) is 5.13. The van der Waals surface area contributed by atoms with E-state index in [9.17, 15) is 9.90 Å². The Balaban J connectivity index is 2.01. The van der Waals surface area contributed by atoms with Crippen molar-refractivity contribution in [1.82, 2.24) is 4.98 Å². The van der Waals surface area contributed by atoms with Crippen LogP contribution in [0.4, 0.5) is 10.8 Å². The van der Waals surface area contributed by atoms with E-state index < -0.39 is 0 Å². The van der Waals surface area contributed by atoms with E-state index in [1.807, 2.05) is 18.4 Å². The van der Waals surface area contributed by atoms with Crippen molar-refractivity contribution in [3.63, 3.8) is 0 Å². The van der Waals surface area contributed by atoms with Crippen LogP contribution in [-0.2, 0) is 11.3 Å². The van der Waals surface area contributed by atoms with Crippen LogP contribution < -0.4 is 10.2 Å². The molecule has 0 saturated heterocycles. The van der Waals surface area contributed by atoms with Gasteiger partial charge in [0.05, 0.1) is 12.2 Å². The van der Waals surface area contributed by atoms with Gasteiger partial charge in [-0.1, -0.05) is 6.07 Å². The lowest BCUT2D eigenvalue weighted by Crippen LogP contribution is -2.27. The van der Waals surface area contributed by atoms with Crippen LogP contribution in [0.1, 0.15) is 19.5 Å². The van der Waals surface area contributed by atoms with E-state index in [-0.39, 0.29) is 11.7 Å². The molecule has 0 fully saturated rings. The molecule has 0 spiro atoms. The van der Waals surface area contributed by atoms with Crippen molar-refractivity contribution in [2.75, 3.05) is 16.8 Å². The highest BCUT2D eigenvalue weighted by Gasteiger charge is 2.13. The lowest BCUT2D eigenvalue weighted by Gasteiger charge is -2.14. The number of amides is 1. The van der Waals surface area contributed by atoms with E-state index >= 15 is 0 Å². The van der Waals surface area contributed by atoms with Gasteiger partial charge >= 0.3 is 0 Å². The summed E-state index contributed by atoms with van der Waals surface area (Å²) in [5.74, 6) is 0.219. The molecule has 1 aromatic carbocycles. The fourth-order valence-corrected chi connectivity index (χ4v) is 2.73. The minimum Gasteiger partial charge on any atom is -0.508 e. The molecular weight excluding hydrogens is 274 g/mol. The topological polar surface area (TPSA) is 65.5 Å². The first kappa shape index (κ1) is 14.3. The van der Waals surface area contributed by atoms with Gasteiger partial charge in [-0.05, 0) is 19.1 Å². The number of phenols is 1. The Morgan fingerprint density at radius 3 is 2.95 bits per heavy atom. The molecule has 2 rings (SSSR count). The van der Waals surface area contributed by atoms with Gasteiger partial charge in [-0.15, -0.1) is 11.3 Å². The van der Waals surface area contributed by atoms with Crippen LogP contribution in [-0.4, -0.2) is 22.5 Å². The van der Waals surface area contributed by atoms with Gasteiger partial charge in [0.15, 0.2) is 5.13 Å². The predicted octanol–water partition coefficient (Wildman–Crippen LogP) is 2.83. The number of carbonyl (C=O) groups excluding carboxylic acids is 1. The molecule has 0 saturated carbocycles. The zero-order valence-corrected chi connectivity index (χ0v) is 12.3. The molecule has 1 amide bonds. The zero-order valence-electron chi connectivity index (χ0n) is 11.5. The van der Waals surface area contributed by atoms with E-state index in [1.165, 1.54) is 18.3 Å². The van der Waals surface area contributed by atoms with Gasteiger partial charge in [0, 0.05) is 30.6 Å². The molecule has 20 heavy (non-hydrogen) atoms. The number of phenolic OH excluding ortho intramolecular Hbond substituents is 1. The molecule has 1 aromatic heterocycles. The standard InChI is InChI=1S/C14H17N3O2S/c1-3-17(10(2)18)14-16-12(9-20-14)8-15-11-5-4-6-13(19)7-11/h4-7,9,15,19H,3,8H2,1-2H3. The lowest BCUT2D eigenvalue weighted by molar-refractivity contribution is -0.116. The maximum absolute atomic E-state index is 11.5. The van der Waals surface area contributed by atoms with E-state index in [4.69, 9.17) is 0 Å². The van der Waals surface area contributed by atoms with Gasteiger partial charge < -0.3 is 10.4 Å². The molecule has 0 aliphatic heterocycles. The molecule has 0 bridgehead atoms. The van der Waals surface area contributed by atoms with E-state index in [2.05, 4.69) is 10.3 Å². The summed E-state index contributed by atoms with van der Waals surface area (Å²) in [6, 6.07) is 6.93. The van der Waals surface area contributed by atoms with Crippen LogP contribution in [0.3, 0.4) is 0 Å². The average molecular weight is 291 g/mol. The van der Waals surface area contributed by atoms with Crippen molar-refractivity contribution in [1.29, 1.82) is 0 Å². The number of aromatic hydroxyl groups is 1. The van der Waals surface area contributed by atoms with Crippen molar-refractivity contribution in [2.45, 2.75) is 20.4 Å². The molecular formula is C14H17N3O2S. The van der Waals surface area contributed by atoms with E-state index in [1.54, 1.807) is 23.1 Å². The molecule has 0 radical (unpaired) electrons. The number of anilines is 2. The number of nitrogens with one attached hydrogen (secondary N) is 1. The largest absolute Gasteiger partial charge is 0.508 e. The number of rotatable bonds is 5. The van der Waals surface area contributed by atoms with Gasteiger partial charge in [0.25, 0.3) is 0 Å². The number of hydrogen-bond acceptors (Lipinski definition) is 5. The maximum atomic E-state index is 11.5. The van der Waals surface area contributed by atoms with Gasteiger partial charge in [-0.2, -0.15) is 0 Å². The summed E-state index contributed by atoms with van der Waals surface area (Å²) in [5, 5.41) is 15.2. The van der Waals surface area contributed by atoms with Crippen LogP contribution in [0.25, 0.3) is 0 Å². The van der Waals surface area contributed by atoms with Crippen molar-refractivity contribution in [3.8, 4) is 5.75 Å². The number of benzene rings is 1. The number of thiazole rings is 1. The van der Waals surface area contributed by atoms with Crippen LogP contribution >= 0.6 is 11.3 Å². The number of carbonyl (C=O) groups is 1. The van der Waals surface area contributed by atoms with E-state index in [0.717, 1.165) is 11.4 Å². The monoisotopic (exact) mass is 291 g/mol. The quantitative estimate of drug-likeness (QED) is 0.889. The Labute approximate surface area is 121 Å². The molecule has 0 aliphatic carbocycles. The molecule has 1 heterocycles. The third-order valence-electron chi connectivity index (χ3n) is 2.79. The number of aromatic nitrogens is 1. The highest BCUT2D eigenvalue weighted by molar-refractivity contribution is 7.14. The summed E-state index contributed by atoms with van der Waals surface area (Å²) in [6.45, 7) is 4.63. The first-order valence-electron chi connectivity index (χ1n) is 6.35. The second-order valence-electron chi connectivity index (χ2n) is 4.29. The molecule has 5 nitrogen and oxygen atoms in total. The summed E-state index contributed by atoms with van der Waals surface area (Å²) in [5.41, 5.74) is 1.70. The van der Waals surface area contributed by atoms with Crippen molar-refractivity contribution in [2.24, 2.45) is 0 Å². The smallest absolute Gasteiger partial charge is 0.225 e. The average Bonchev–Trinajstić information content (AvgIpc) is 2.85. The Kier molecular flexibility index (Phi) is 4.57. The van der Waals surface area contributed by atoms with Crippen LogP contribution in [0.5, 0.6) is 5.75 Å². The maximum Gasteiger partial charge on any atom is 0.225 e. The Morgan fingerprint density at radius 2 is 2.30 bits per heavy atom. The van der Waals surface area contributed by atoms with Gasteiger partial charge in [-0.3, -0.25) is 9.69 Å². The van der Waals surface area contributed by atoms with Gasteiger partial charge in [-0.25, -0.2) is 4.98 Å². The second kappa shape index (κ2) is 6.38. The van der Waals surface area contributed by atoms with Gasteiger partial charge in [0.1, 0.15) is 5.75 Å². The lowest BCUT2D eigenvalue weighted by atomic mass is 10.3. The van der Waals surface area contributed by atoms with Crippen LogP contribution in [0, 0.1) is 0 Å². The fraction of sp³-hybridized carbons (Fsp3) is 0.286. The fourth-order valence-electron chi connectivity index (χ4n) is 1.80. The Bertz CT molecular complexity index is 598. The Morgan fingerprint density at radius 1 is 1.50 bits per heavy atom. The summed E-state index contributed by atoms with van der Waals surface area (Å²) in [4.78, 5) is 17.5. The minimum absolute atomic E-state index is 0.00524. The molecule has 0 atom stereocenters. The first-order valence-corrected chi connectivity index (χ1v) is 7.23. The normalized spacial score (nSPS) is 10.3. The third kappa shape index (κ3) is 3.48. The minimum atomic E-state index is -0.00524.